The van der Waals surface area contributed by atoms with E-state index in [9.17, 15) is 17.6 Å². The Morgan fingerprint density at radius 3 is 2.78 bits per heavy atom. The largest absolute Gasteiger partial charge is 0.487 e. The molecule has 1 aromatic heterocycles. The zero-order valence-electron chi connectivity index (χ0n) is 20.1. The molecule has 0 spiro atoms. The number of ether oxygens (including phenoxy) is 2. The molecule has 2 aromatic carbocycles. The van der Waals surface area contributed by atoms with Crippen molar-refractivity contribution in [2.75, 3.05) is 31.5 Å². The Balaban J connectivity index is 1.73. The summed E-state index contributed by atoms with van der Waals surface area (Å²) in [6.45, 7) is 6.49. The average molecular weight is 532 g/mol. The first-order valence-electron chi connectivity index (χ1n) is 11.3. The lowest BCUT2D eigenvalue weighted by Crippen LogP contribution is -2.22. The van der Waals surface area contributed by atoms with Crippen molar-refractivity contribution in [3.8, 4) is 16.2 Å². The van der Waals surface area contributed by atoms with Crippen LogP contribution in [0.25, 0.3) is 16.5 Å². The number of fused-ring (bicyclic) bond motifs is 3. The smallest absolute Gasteiger partial charge is 0.343 e. The number of nitrogens with zero attached hydrogens (tertiary/aromatic N) is 2. The van der Waals surface area contributed by atoms with Gasteiger partial charge < -0.3 is 14.4 Å². The zero-order valence-corrected chi connectivity index (χ0v) is 21.7. The summed E-state index contributed by atoms with van der Waals surface area (Å²) < 4.78 is 58.4. The van der Waals surface area contributed by atoms with Gasteiger partial charge in [0.15, 0.2) is 0 Å². The number of nitrogens with one attached hydrogen (secondary N) is 1. The van der Waals surface area contributed by atoms with Gasteiger partial charge in [-0.1, -0.05) is 26.0 Å². The molecule has 0 radical (unpaired) electrons. The van der Waals surface area contributed by atoms with E-state index in [-0.39, 0.29) is 34.1 Å². The van der Waals surface area contributed by atoms with Crippen LogP contribution in [-0.2, 0) is 21.4 Å². The third-order valence-electron chi connectivity index (χ3n) is 5.87. The Hall–Kier alpha value is -3.28. The van der Waals surface area contributed by atoms with E-state index in [1.165, 1.54) is 30.8 Å². The Kier molecular flexibility index (Phi) is 7.72. The highest BCUT2D eigenvalue weighted by atomic mass is 32.2. The minimum absolute atomic E-state index is 0.00374. The van der Waals surface area contributed by atoms with Gasteiger partial charge in [0.1, 0.15) is 23.7 Å². The standard InChI is InChI=1S/C25H26FN3O5S2/c1-4-29(5-2)12-6-7-16-13-18(26)8-11-21(16)36(31,32)28-20-10-9-19-23(22(20)25(30)33-3)34-15-17-14-27-35-24(17)19/h6-11,13-14,28H,4-5,12,15H2,1-3H3/b7-6-. The molecule has 0 atom stereocenters. The molecule has 11 heteroatoms. The number of carbonyl (C=O) groups excluding carboxylic acids is 1. The summed E-state index contributed by atoms with van der Waals surface area (Å²) in [6, 6.07) is 6.60. The van der Waals surface area contributed by atoms with Crippen molar-refractivity contribution in [3.63, 3.8) is 0 Å². The minimum atomic E-state index is -4.22. The van der Waals surface area contributed by atoms with Crippen molar-refractivity contribution in [3.05, 3.63) is 65.1 Å². The van der Waals surface area contributed by atoms with Crippen LogP contribution >= 0.6 is 11.5 Å². The first kappa shape index (κ1) is 25.8. The summed E-state index contributed by atoms with van der Waals surface area (Å²) >= 11 is 1.26. The van der Waals surface area contributed by atoms with Crippen LogP contribution in [0.5, 0.6) is 5.75 Å². The third kappa shape index (κ3) is 5.13. The van der Waals surface area contributed by atoms with E-state index < -0.39 is 21.8 Å². The van der Waals surface area contributed by atoms with Gasteiger partial charge in [-0.3, -0.25) is 4.72 Å². The van der Waals surface area contributed by atoms with Gasteiger partial charge in [-0.2, -0.15) is 0 Å². The van der Waals surface area contributed by atoms with Crippen molar-refractivity contribution >= 4 is 39.3 Å². The maximum atomic E-state index is 14.0. The lowest BCUT2D eigenvalue weighted by atomic mass is 10.0. The maximum absolute atomic E-state index is 14.0. The molecule has 1 aliphatic heterocycles. The van der Waals surface area contributed by atoms with Crippen LogP contribution < -0.4 is 9.46 Å². The van der Waals surface area contributed by atoms with E-state index in [0.29, 0.717) is 12.1 Å². The molecule has 190 valence electrons. The summed E-state index contributed by atoms with van der Waals surface area (Å²) in [5.41, 5.74) is 1.65. The molecule has 2 heterocycles. The number of sulfonamides is 1. The minimum Gasteiger partial charge on any atom is -0.487 e. The number of likely N-dealkylation sites (N-methyl/N-ethyl adjacent to an activating group) is 1. The van der Waals surface area contributed by atoms with Crippen LogP contribution in [0.4, 0.5) is 10.1 Å². The lowest BCUT2D eigenvalue weighted by molar-refractivity contribution is 0.0596. The monoisotopic (exact) mass is 531 g/mol. The van der Waals surface area contributed by atoms with E-state index in [4.69, 9.17) is 9.47 Å². The highest BCUT2D eigenvalue weighted by Gasteiger charge is 2.30. The number of halogens is 1. The summed E-state index contributed by atoms with van der Waals surface area (Å²) in [5.74, 6) is -1.09. The zero-order chi connectivity index (χ0) is 25.9. The summed E-state index contributed by atoms with van der Waals surface area (Å²) in [6.07, 6.45) is 5.07. The van der Waals surface area contributed by atoms with Crippen LogP contribution in [0.1, 0.15) is 35.3 Å². The fraction of sp³-hybridized carbons (Fsp3) is 0.280. The number of rotatable bonds is 9. The molecular weight excluding hydrogens is 505 g/mol. The molecule has 0 aliphatic carbocycles. The van der Waals surface area contributed by atoms with Crippen LogP contribution in [0.15, 0.2) is 47.5 Å². The predicted octanol–water partition coefficient (Wildman–Crippen LogP) is 4.78. The van der Waals surface area contributed by atoms with Gasteiger partial charge in [0, 0.05) is 23.9 Å². The van der Waals surface area contributed by atoms with Gasteiger partial charge in [-0.15, -0.1) is 0 Å². The van der Waals surface area contributed by atoms with Gasteiger partial charge in [0.25, 0.3) is 10.0 Å². The van der Waals surface area contributed by atoms with Crippen LogP contribution in [0.2, 0.25) is 0 Å². The summed E-state index contributed by atoms with van der Waals surface area (Å²) in [5, 5.41) is 0. The van der Waals surface area contributed by atoms with Crippen LogP contribution in [0, 0.1) is 5.82 Å². The molecular formula is C25H26FN3O5S2. The predicted molar refractivity (Wildman–Crippen MR) is 137 cm³/mol. The number of esters is 1. The second-order valence-corrected chi connectivity index (χ2v) is 10.5. The van der Waals surface area contributed by atoms with Gasteiger partial charge in [0.2, 0.25) is 0 Å². The number of hydrogen-bond donors (Lipinski definition) is 1. The average Bonchev–Trinajstić information content (AvgIpc) is 3.35. The van der Waals surface area contributed by atoms with E-state index in [1.807, 2.05) is 13.8 Å². The summed E-state index contributed by atoms with van der Waals surface area (Å²) in [4.78, 5) is 15.6. The molecule has 1 N–H and O–H groups in total. The van der Waals surface area contributed by atoms with Crippen molar-refractivity contribution in [2.45, 2.75) is 25.3 Å². The Morgan fingerprint density at radius 1 is 1.28 bits per heavy atom. The van der Waals surface area contributed by atoms with Crippen molar-refractivity contribution in [1.29, 1.82) is 0 Å². The molecule has 4 rings (SSSR count). The molecule has 8 nitrogen and oxygen atoms in total. The van der Waals surface area contributed by atoms with E-state index in [0.717, 1.165) is 35.7 Å². The number of carbonyl (C=O) groups is 1. The van der Waals surface area contributed by atoms with Crippen molar-refractivity contribution in [1.82, 2.24) is 9.27 Å². The quantitative estimate of drug-likeness (QED) is 0.397. The summed E-state index contributed by atoms with van der Waals surface area (Å²) in [7, 11) is -3.01. The van der Waals surface area contributed by atoms with E-state index in [1.54, 1.807) is 24.4 Å². The fourth-order valence-electron chi connectivity index (χ4n) is 3.94. The lowest BCUT2D eigenvalue weighted by Gasteiger charge is -2.22. The van der Waals surface area contributed by atoms with Crippen molar-refractivity contribution in [2.24, 2.45) is 0 Å². The number of hydrogen-bond acceptors (Lipinski definition) is 8. The SMILES string of the molecule is CCN(CC)C/C=C\c1cc(F)ccc1S(=O)(=O)Nc1ccc2c(c1C(=O)OC)OCc1cnsc1-2. The van der Waals surface area contributed by atoms with Gasteiger partial charge in [0.05, 0.1) is 22.6 Å². The molecule has 1 aliphatic rings. The molecule has 0 saturated carbocycles. The third-order valence-corrected chi connectivity index (χ3v) is 8.18. The number of methoxy groups -OCH3 is 1. The van der Waals surface area contributed by atoms with E-state index >= 15 is 0 Å². The first-order chi connectivity index (χ1) is 17.3. The first-order valence-corrected chi connectivity index (χ1v) is 13.6. The normalized spacial score (nSPS) is 12.8. The molecule has 0 fully saturated rings. The van der Waals surface area contributed by atoms with E-state index in [2.05, 4.69) is 14.0 Å². The Morgan fingerprint density at radius 2 is 2.06 bits per heavy atom. The number of aromatic nitrogens is 1. The molecule has 0 bridgehead atoms. The molecule has 3 aromatic rings. The Bertz CT molecular complexity index is 1420. The van der Waals surface area contributed by atoms with Gasteiger partial charge in [-0.05, 0) is 60.5 Å². The topological polar surface area (TPSA) is 97.8 Å². The van der Waals surface area contributed by atoms with Crippen molar-refractivity contribution < 1.29 is 27.1 Å². The van der Waals surface area contributed by atoms with Gasteiger partial charge in [-0.25, -0.2) is 22.0 Å². The Labute approximate surface area is 213 Å². The highest BCUT2D eigenvalue weighted by Crippen LogP contribution is 2.44. The maximum Gasteiger partial charge on any atom is 0.343 e. The van der Waals surface area contributed by atoms with Crippen LogP contribution in [0.3, 0.4) is 0 Å². The highest BCUT2D eigenvalue weighted by molar-refractivity contribution is 7.92. The second kappa shape index (κ2) is 10.8. The number of anilines is 1. The molecule has 0 unspecified atom stereocenters. The molecule has 36 heavy (non-hydrogen) atoms. The van der Waals surface area contributed by atoms with Crippen LogP contribution in [-0.4, -0.2) is 50.4 Å². The molecule has 0 saturated heterocycles. The fourth-order valence-corrected chi connectivity index (χ4v) is 5.97. The van der Waals surface area contributed by atoms with Gasteiger partial charge >= 0.3 is 5.97 Å². The number of benzene rings is 2. The molecule has 0 amide bonds. The second-order valence-electron chi connectivity index (χ2n) is 8.00.